The molecular formula is C11H12N8. The molecule has 0 atom stereocenters. The molecule has 0 spiro atoms. The van der Waals surface area contributed by atoms with Crippen molar-refractivity contribution in [3.63, 3.8) is 0 Å². The van der Waals surface area contributed by atoms with E-state index >= 15 is 0 Å². The van der Waals surface area contributed by atoms with E-state index in [1.165, 1.54) is 0 Å². The molecule has 0 aliphatic heterocycles. The van der Waals surface area contributed by atoms with Gasteiger partial charge in [-0.25, -0.2) is 0 Å². The summed E-state index contributed by atoms with van der Waals surface area (Å²) in [4.78, 5) is 14.2. The van der Waals surface area contributed by atoms with Crippen LogP contribution in [-0.2, 0) is 0 Å². The van der Waals surface area contributed by atoms with E-state index in [1.54, 1.807) is 9.58 Å². The van der Waals surface area contributed by atoms with Crippen molar-refractivity contribution in [1.29, 1.82) is 0 Å². The largest absolute Gasteiger partial charge is 0.368 e. The molecule has 8 nitrogen and oxygen atoms in total. The Morgan fingerprint density at radius 3 is 2.68 bits per heavy atom. The number of nitrogens with zero attached hydrogens (tertiary/aromatic N) is 7. The Morgan fingerprint density at radius 1 is 1.11 bits per heavy atom. The predicted molar refractivity (Wildman–Crippen MR) is 71.0 cm³/mol. The first-order valence-corrected chi connectivity index (χ1v) is 5.65. The molecule has 2 heterocycles. The number of fused-ring (bicyclic) bond motifs is 1. The van der Waals surface area contributed by atoms with Gasteiger partial charge in [-0.3, -0.25) is 0 Å². The molecule has 2 aromatic heterocycles. The molecular weight excluding hydrogens is 244 g/mol. The predicted octanol–water partition coefficient (Wildman–Crippen LogP) is 0.254. The Bertz CT molecular complexity index is 732. The van der Waals surface area contributed by atoms with Crippen LogP contribution in [0.3, 0.4) is 0 Å². The fourth-order valence-corrected chi connectivity index (χ4v) is 1.68. The first kappa shape index (κ1) is 11.3. The van der Waals surface area contributed by atoms with Gasteiger partial charge >= 0.3 is 0 Å². The fourth-order valence-electron chi connectivity index (χ4n) is 1.68. The summed E-state index contributed by atoms with van der Waals surface area (Å²) < 4.78 is 1.54. The molecule has 3 aromatic rings. The van der Waals surface area contributed by atoms with Crippen molar-refractivity contribution in [2.45, 2.75) is 0 Å². The summed E-state index contributed by atoms with van der Waals surface area (Å²) in [6.45, 7) is 0. The van der Waals surface area contributed by atoms with Gasteiger partial charge in [0.05, 0.1) is 5.52 Å². The molecule has 0 radical (unpaired) electrons. The summed E-state index contributed by atoms with van der Waals surface area (Å²) >= 11 is 0. The van der Waals surface area contributed by atoms with Crippen LogP contribution in [0.5, 0.6) is 0 Å². The number of rotatable bonds is 2. The van der Waals surface area contributed by atoms with Gasteiger partial charge in [0.2, 0.25) is 11.9 Å². The second kappa shape index (κ2) is 4.16. The minimum absolute atomic E-state index is 0.147. The Balaban J connectivity index is 2.21. The smallest absolute Gasteiger partial charge is 0.259 e. The zero-order valence-corrected chi connectivity index (χ0v) is 10.5. The molecule has 96 valence electrons. The van der Waals surface area contributed by atoms with Gasteiger partial charge in [-0.2, -0.15) is 19.6 Å². The van der Waals surface area contributed by atoms with E-state index in [4.69, 9.17) is 5.73 Å². The van der Waals surface area contributed by atoms with Gasteiger partial charge in [-0.1, -0.05) is 17.3 Å². The average molecular weight is 256 g/mol. The molecule has 3 rings (SSSR count). The standard InChI is InChI=1S/C11H12N8/c1-18(2)10-13-9(12)14-11(15-10)19-8-6-4-3-5-7(8)16-17-19/h3-6H,1-2H3,(H2,12,13,14,15). The van der Waals surface area contributed by atoms with Crippen LogP contribution in [0.1, 0.15) is 0 Å². The van der Waals surface area contributed by atoms with Crippen molar-refractivity contribution in [3.8, 4) is 5.95 Å². The molecule has 0 bridgehead atoms. The molecule has 0 fully saturated rings. The highest BCUT2D eigenvalue weighted by molar-refractivity contribution is 5.75. The molecule has 0 amide bonds. The molecule has 2 N–H and O–H groups in total. The zero-order valence-electron chi connectivity index (χ0n) is 10.5. The number of anilines is 2. The highest BCUT2D eigenvalue weighted by atomic mass is 15.5. The summed E-state index contributed by atoms with van der Waals surface area (Å²) in [6, 6.07) is 7.56. The van der Waals surface area contributed by atoms with Crippen LogP contribution in [0, 0.1) is 0 Å². The maximum absolute atomic E-state index is 5.70. The SMILES string of the molecule is CN(C)c1nc(N)nc(-n2nnc3ccccc32)n1. The number of benzene rings is 1. The Morgan fingerprint density at radius 2 is 1.89 bits per heavy atom. The van der Waals surface area contributed by atoms with Crippen LogP contribution in [0.15, 0.2) is 24.3 Å². The Hall–Kier alpha value is -2.77. The monoisotopic (exact) mass is 256 g/mol. The Labute approximate surface area is 108 Å². The van der Waals surface area contributed by atoms with Crippen LogP contribution in [-0.4, -0.2) is 44.0 Å². The van der Waals surface area contributed by atoms with Crippen LogP contribution >= 0.6 is 0 Å². The zero-order chi connectivity index (χ0) is 13.4. The normalized spacial score (nSPS) is 10.8. The fraction of sp³-hybridized carbons (Fsp3) is 0.182. The second-order valence-electron chi connectivity index (χ2n) is 4.18. The highest BCUT2D eigenvalue weighted by Gasteiger charge is 2.12. The van der Waals surface area contributed by atoms with Crippen LogP contribution in [0.25, 0.3) is 17.0 Å². The maximum atomic E-state index is 5.70. The maximum Gasteiger partial charge on any atom is 0.259 e. The van der Waals surface area contributed by atoms with Gasteiger partial charge in [0.25, 0.3) is 5.95 Å². The van der Waals surface area contributed by atoms with Gasteiger partial charge in [0.15, 0.2) is 0 Å². The topological polar surface area (TPSA) is 98.6 Å². The van der Waals surface area contributed by atoms with E-state index in [1.807, 2.05) is 38.4 Å². The van der Waals surface area contributed by atoms with E-state index in [0.717, 1.165) is 11.0 Å². The van der Waals surface area contributed by atoms with Gasteiger partial charge in [-0.15, -0.1) is 5.10 Å². The van der Waals surface area contributed by atoms with Gasteiger partial charge in [-0.05, 0) is 12.1 Å². The quantitative estimate of drug-likeness (QED) is 0.701. The minimum atomic E-state index is 0.147. The first-order valence-electron chi connectivity index (χ1n) is 5.65. The third-order valence-electron chi connectivity index (χ3n) is 2.57. The molecule has 0 unspecified atom stereocenters. The van der Waals surface area contributed by atoms with Crippen LogP contribution in [0.2, 0.25) is 0 Å². The minimum Gasteiger partial charge on any atom is -0.368 e. The lowest BCUT2D eigenvalue weighted by Gasteiger charge is -2.11. The number of nitrogens with two attached hydrogens (primary N) is 1. The summed E-state index contributed by atoms with van der Waals surface area (Å²) in [5, 5.41) is 8.10. The number of hydrogen-bond acceptors (Lipinski definition) is 7. The molecule has 0 saturated heterocycles. The van der Waals surface area contributed by atoms with Gasteiger partial charge < -0.3 is 10.6 Å². The van der Waals surface area contributed by atoms with Crippen molar-refractivity contribution >= 4 is 22.9 Å². The lowest BCUT2D eigenvalue weighted by Crippen LogP contribution is -2.17. The summed E-state index contributed by atoms with van der Waals surface area (Å²) in [7, 11) is 3.66. The molecule has 0 saturated carbocycles. The van der Waals surface area contributed by atoms with E-state index in [0.29, 0.717) is 11.9 Å². The lowest BCUT2D eigenvalue weighted by atomic mass is 10.3. The van der Waals surface area contributed by atoms with Gasteiger partial charge in [0, 0.05) is 14.1 Å². The number of aromatic nitrogens is 6. The number of hydrogen-bond donors (Lipinski definition) is 1. The molecule has 0 aliphatic carbocycles. The van der Waals surface area contributed by atoms with E-state index in [9.17, 15) is 0 Å². The highest BCUT2D eigenvalue weighted by Crippen LogP contribution is 2.15. The van der Waals surface area contributed by atoms with Crippen molar-refractivity contribution in [3.05, 3.63) is 24.3 Å². The van der Waals surface area contributed by atoms with Crippen molar-refractivity contribution in [2.75, 3.05) is 24.7 Å². The van der Waals surface area contributed by atoms with Crippen molar-refractivity contribution in [1.82, 2.24) is 29.9 Å². The molecule has 1 aromatic carbocycles. The number of para-hydroxylation sites is 1. The Kier molecular flexibility index (Phi) is 2.48. The average Bonchev–Trinajstić information content (AvgIpc) is 2.81. The molecule has 8 heteroatoms. The summed E-state index contributed by atoms with van der Waals surface area (Å²) in [5.41, 5.74) is 7.29. The molecule has 19 heavy (non-hydrogen) atoms. The lowest BCUT2D eigenvalue weighted by molar-refractivity contribution is 0.764. The van der Waals surface area contributed by atoms with E-state index < -0.39 is 0 Å². The van der Waals surface area contributed by atoms with Crippen LogP contribution < -0.4 is 10.6 Å². The third kappa shape index (κ3) is 1.92. The van der Waals surface area contributed by atoms with Crippen LogP contribution in [0.4, 0.5) is 11.9 Å². The number of nitrogen functional groups attached to an aromatic ring is 1. The van der Waals surface area contributed by atoms with E-state index in [-0.39, 0.29) is 5.95 Å². The van der Waals surface area contributed by atoms with E-state index in [2.05, 4.69) is 25.3 Å². The van der Waals surface area contributed by atoms with Crippen molar-refractivity contribution < 1.29 is 0 Å². The summed E-state index contributed by atoms with van der Waals surface area (Å²) in [5.74, 6) is 0.972. The second-order valence-corrected chi connectivity index (χ2v) is 4.18. The first-order chi connectivity index (χ1) is 9.15. The molecule has 0 aliphatic rings. The summed E-state index contributed by atoms with van der Waals surface area (Å²) in [6.07, 6.45) is 0. The van der Waals surface area contributed by atoms with Crippen molar-refractivity contribution in [2.24, 2.45) is 0 Å². The third-order valence-corrected chi connectivity index (χ3v) is 2.57. The van der Waals surface area contributed by atoms with Gasteiger partial charge in [0.1, 0.15) is 5.52 Å².